The van der Waals surface area contributed by atoms with E-state index < -0.39 is 0 Å². The Bertz CT molecular complexity index is 226. The van der Waals surface area contributed by atoms with E-state index in [1.165, 1.54) is 11.3 Å². The van der Waals surface area contributed by atoms with Crippen LogP contribution in [0.5, 0.6) is 0 Å². The maximum atomic E-state index is 4.62. The Morgan fingerprint density at radius 1 is 1.54 bits per heavy atom. The molecule has 0 aromatic carbocycles. The van der Waals surface area contributed by atoms with Crippen LogP contribution < -0.4 is 0 Å². The van der Waals surface area contributed by atoms with Gasteiger partial charge in [-0.15, -0.1) is 0 Å². The highest BCUT2D eigenvalue weighted by molar-refractivity contribution is 5.89. The molecule has 0 unspecified atom stereocenters. The number of hydrogen-bond acceptors (Lipinski definition) is 2. The molecular weight excluding hydrogens is 160 g/mol. The molecule has 1 heterocycles. The lowest BCUT2D eigenvalue weighted by Gasteiger charge is -2.24. The van der Waals surface area contributed by atoms with Gasteiger partial charge >= 0.3 is 0 Å². The molecule has 0 fully saturated rings. The first kappa shape index (κ1) is 10.3. The molecule has 13 heavy (non-hydrogen) atoms. The van der Waals surface area contributed by atoms with Crippen LogP contribution in [0, 0.1) is 0 Å². The van der Waals surface area contributed by atoms with Gasteiger partial charge in [0.1, 0.15) is 0 Å². The van der Waals surface area contributed by atoms with Crippen molar-refractivity contribution >= 4 is 5.71 Å². The topological polar surface area (TPSA) is 15.6 Å². The summed E-state index contributed by atoms with van der Waals surface area (Å²) in [5.41, 5.74) is 2.82. The second-order valence-electron chi connectivity index (χ2n) is 4.02. The van der Waals surface area contributed by atoms with Crippen LogP contribution in [0.15, 0.2) is 16.8 Å². The molecule has 0 bridgehead atoms. The second-order valence-corrected chi connectivity index (χ2v) is 4.02. The maximum Gasteiger partial charge on any atom is 0.0552 e. The van der Waals surface area contributed by atoms with Crippen LogP contribution in [-0.2, 0) is 0 Å². The monoisotopic (exact) mass is 180 g/mol. The van der Waals surface area contributed by atoms with Crippen LogP contribution in [0.4, 0.5) is 0 Å². The highest BCUT2D eigenvalue weighted by Gasteiger charge is 2.11. The molecule has 0 spiro atoms. The van der Waals surface area contributed by atoms with E-state index in [9.17, 15) is 0 Å². The summed E-state index contributed by atoms with van der Waals surface area (Å²) in [4.78, 5) is 6.84. The SMILES string of the molecule is CCC1=CN(C)CC(=NC(C)C)C1. The summed E-state index contributed by atoms with van der Waals surface area (Å²) in [5, 5.41) is 0. The highest BCUT2D eigenvalue weighted by atomic mass is 15.1. The average molecular weight is 180 g/mol. The Labute approximate surface area is 81.3 Å². The Morgan fingerprint density at radius 2 is 2.23 bits per heavy atom. The molecule has 1 aliphatic heterocycles. The minimum atomic E-state index is 0.430. The van der Waals surface area contributed by atoms with Crippen molar-refractivity contribution in [3.63, 3.8) is 0 Å². The van der Waals surface area contributed by atoms with Crippen molar-refractivity contribution in [1.29, 1.82) is 0 Å². The normalized spacial score (nSPS) is 21.2. The molecule has 0 saturated heterocycles. The third-order valence-corrected chi connectivity index (χ3v) is 2.16. The zero-order chi connectivity index (χ0) is 9.84. The lowest BCUT2D eigenvalue weighted by Crippen LogP contribution is -2.27. The third-order valence-electron chi connectivity index (χ3n) is 2.16. The first-order chi connectivity index (χ1) is 6.11. The van der Waals surface area contributed by atoms with Crippen molar-refractivity contribution in [3.05, 3.63) is 11.8 Å². The number of nitrogens with zero attached hydrogens (tertiary/aromatic N) is 2. The standard InChI is InChI=1S/C11H20N2/c1-5-10-6-11(12-9(2)3)8-13(4)7-10/h7,9H,5-6,8H2,1-4H3. The Hall–Kier alpha value is -0.790. The molecule has 0 amide bonds. The van der Waals surface area contributed by atoms with Crippen LogP contribution in [0.3, 0.4) is 0 Å². The fourth-order valence-electron chi connectivity index (χ4n) is 1.68. The van der Waals surface area contributed by atoms with Crippen LogP contribution in [0.25, 0.3) is 0 Å². The molecule has 0 aromatic rings. The predicted molar refractivity (Wildman–Crippen MR) is 58.2 cm³/mol. The Kier molecular flexibility index (Phi) is 3.52. The largest absolute Gasteiger partial charge is 0.375 e. The molecule has 2 heteroatoms. The van der Waals surface area contributed by atoms with Crippen molar-refractivity contribution in [2.45, 2.75) is 39.7 Å². The van der Waals surface area contributed by atoms with Crippen molar-refractivity contribution in [2.24, 2.45) is 4.99 Å². The molecule has 0 aromatic heterocycles. The van der Waals surface area contributed by atoms with Gasteiger partial charge in [0.05, 0.1) is 6.54 Å². The Morgan fingerprint density at radius 3 is 2.77 bits per heavy atom. The van der Waals surface area contributed by atoms with Crippen molar-refractivity contribution in [1.82, 2.24) is 4.90 Å². The molecule has 0 saturated carbocycles. The highest BCUT2D eigenvalue weighted by Crippen LogP contribution is 2.15. The molecule has 74 valence electrons. The van der Waals surface area contributed by atoms with Crippen LogP contribution in [0.1, 0.15) is 33.6 Å². The van der Waals surface area contributed by atoms with E-state index in [0.29, 0.717) is 6.04 Å². The summed E-state index contributed by atoms with van der Waals surface area (Å²) in [6, 6.07) is 0.430. The first-order valence-electron chi connectivity index (χ1n) is 5.07. The van der Waals surface area contributed by atoms with E-state index in [-0.39, 0.29) is 0 Å². The number of rotatable bonds is 2. The van der Waals surface area contributed by atoms with Gasteiger partial charge in [-0.05, 0) is 32.0 Å². The third kappa shape index (κ3) is 3.21. The van der Waals surface area contributed by atoms with Crippen molar-refractivity contribution in [3.8, 4) is 0 Å². The minimum absolute atomic E-state index is 0.430. The molecular formula is C11H20N2. The average Bonchev–Trinajstić information content (AvgIpc) is 2.01. The maximum absolute atomic E-state index is 4.62. The summed E-state index contributed by atoms with van der Waals surface area (Å²) in [7, 11) is 2.12. The summed E-state index contributed by atoms with van der Waals surface area (Å²) in [5.74, 6) is 0. The number of hydrogen-bond donors (Lipinski definition) is 0. The second kappa shape index (κ2) is 4.45. The quantitative estimate of drug-likeness (QED) is 0.637. The van der Waals surface area contributed by atoms with E-state index in [2.05, 4.69) is 43.9 Å². The van der Waals surface area contributed by atoms with Crippen LogP contribution in [-0.4, -0.2) is 30.2 Å². The van der Waals surface area contributed by atoms with E-state index in [1.54, 1.807) is 0 Å². The van der Waals surface area contributed by atoms with E-state index in [1.807, 2.05) is 0 Å². The fraction of sp³-hybridized carbons (Fsp3) is 0.727. The molecule has 0 atom stereocenters. The lowest BCUT2D eigenvalue weighted by atomic mass is 10.0. The smallest absolute Gasteiger partial charge is 0.0552 e. The zero-order valence-electron chi connectivity index (χ0n) is 9.17. The molecule has 1 rings (SSSR count). The summed E-state index contributed by atoms with van der Waals surface area (Å²) in [6.45, 7) is 7.48. The molecule has 0 N–H and O–H groups in total. The first-order valence-corrected chi connectivity index (χ1v) is 5.07. The van der Waals surface area contributed by atoms with Crippen molar-refractivity contribution < 1.29 is 0 Å². The summed E-state index contributed by atoms with van der Waals surface area (Å²) < 4.78 is 0. The minimum Gasteiger partial charge on any atom is -0.375 e. The predicted octanol–water partition coefficient (Wildman–Crippen LogP) is 2.47. The van der Waals surface area contributed by atoms with Crippen LogP contribution in [0.2, 0.25) is 0 Å². The van der Waals surface area contributed by atoms with Gasteiger partial charge in [0.15, 0.2) is 0 Å². The fourth-order valence-corrected chi connectivity index (χ4v) is 1.68. The van der Waals surface area contributed by atoms with Gasteiger partial charge in [0.25, 0.3) is 0 Å². The van der Waals surface area contributed by atoms with Gasteiger partial charge in [-0.2, -0.15) is 0 Å². The van der Waals surface area contributed by atoms with E-state index in [4.69, 9.17) is 0 Å². The molecule has 0 aliphatic carbocycles. The van der Waals surface area contributed by atoms with Crippen molar-refractivity contribution in [2.75, 3.05) is 13.6 Å². The zero-order valence-corrected chi connectivity index (χ0v) is 9.17. The van der Waals surface area contributed by atoms with Gasteiger partial charge in [-0.25, -0.2) is 0 Å². The number of allylic oxidation sites excluding steroid dienone is 1. The molecule has 2 nitrogen and oxygen atoms in total. The Balaban J connectivity index is 2.69. The van der Waals surface area contributed by atoms with Gasteiger partial charge in [-0.3, -0.25) is 4.99 Å². The van der Waals surface area contributed by atoms with Gasteiger partial charge in [-0.1, -0.05) is 6.92 Å². The van der Waals surface area contributed by atoms with E-state index >= 15 is 0 Å². The molecule has 1 aliphatic rings. The lowest BCUT2D eigenvalue weighted by molar-refractivity contribution is 0.500. The van der Waals surface area contributed by atoms with Crippen LogP contribution >= 0.6 is 0 Å². The van der Waals surface area contributed by atoms with Gasteiger partial charge < -0.3 is 4.90 Å². The summed E-state index contributed by atoms with van der Waals surface area (Å²) in [6.07, 6.45) is 4.47. The van der Waals surface area contributed by atoms with E-state index in [0.717, 1.165) is 19.4 Å². The van der Waals surface area contributed by atoms with Gasteiger partial charge in [0.2, 0.25) is 0 Å². The molecule has 0 radical (unpaired) electrons. The summed E-state index contributed by atoms with van der Waals surface area (Å²) >= 11 is 0. The number of aliphatic imine (C=N–C) groups is 1. The van der Waals surface area contributed by atoms with Gasteiger partial charge in [0, 0.05) is 25.2 Å².